The van der Waals surface area contributed by atoms with Crippen LogP contribution in [0.2, 0.25) is 0 Å². The van der Waals surface area contributed by atoms with E-state index in [2.05, 4.69) is 6.92 Å². The summed E-state index contributed by atoms with van der Waals surface area (Å²) in [6, 6.07) is 20.2. The second-order valence-electron chi connectivity index (χ2n) is 9.22. The van der Waals surface area contributed by atoms with Gasteiger partial charge in [-0.05, 0) is 30.7 Å². The standard InChI is InChI=1S/C28H38O7S/c1-6-36-26-25(32-18-21-15-11-8-12-16-21)24-23(34-27(2,29-4)28(3,30-5)35-24)22(33-26)19-31-17-20-13-9-7-10-14-20/h7-16,22-26H,6,17-19H2,1-5H3/t22-,23-,24+,25+,26-,27+,28+/m1/s1. The van der Waals surface area contributed by atoms with E-state index >= 15 is 0 Å². The molecule has 7 nitrogen and oxygen atoms in total. The smallest absolute Gasteiger partial charge is 0.220 e. The molecule has 7 atom stereocenters. The number of fused-ring (bicyclic) bond motifs is 1. The Kier molecular flexibility index (Phi) is 9.46. The van der Waals surface area contributed by atoms with E-state index in [9.17, 15) is 0 Å². The molecular formula is C28H38O7S. The van der Waals surface area contributed by atoms with Crippen LogP contribution in [0.4, 0.5) is 0 Å². The number of hydrogen-bond donors (Lipinski definition) is 0. The summed E-state index contributed by atoms with van der Waals surface area (Å²) in [6.07, 6.45) is -1.70. The normalized spacial score (nSPS) is 34.3. The van der Waals surface area contributed by atoms with E-state index in [0.29, 0.717) is 19.8 Å². The highest BCUT2D eigenvalue weighted by Crippen LogP contribution is 2.45. The number of benzene rings is 2. The summed E-state index contributed by atoms with van der Waals surface area (Å²) in [5.74, 6) is -1.44. The lowest BCUT2D eigenvalue weighted by Gasteiger charge is -2.57. The van der Waals surface area contributed by atoms with Gasteiger partial charge >= 0.3 is 0 Å². The molecule has 2 aromatic rings. The van der Waals surface area contributed by atoms with E-state index in [0.717, 1.165) is 16.9 Å². The third-order valence-electron chi connectivity index (χ3n) is 6.93. The van der Waals surface area contributed by atoms with Crippen LogP contribution in [-0.4, -0.2) is 68.0 Å². The van der Waals surface area contributed by atoms with Crippen LogP contribution in [0.1, 0.15) is 31.9 Å². The molecule has 2 saturated heterocycles. The number of ether oxygens (including phenoxy) is 7. The van der Waals surface area contributed by atoms with Gasteiger partial charge in [0.2, 0.25) is 11.6 Å². The SMILES string of the molecule is CCS[C@H]1O[C@H](COCc2ccccc2)[C@H]2O[C@](C)(OC)[C@@](C)(OC)O[C@@H]2[C@@H]1OCc1ccccc1. The van der Waals surface area contributed by atoms with Crippen LogP contribution in [0.5, 0.6) is 0 Å². The van der Waals surface area contributed by atoms with E-state index in [1.807, 2.05) is 74.5 Å². The summed E-state index contributed by atoms with van der Waals surface area (Å²) in [6.45, 7) is 7.02. The number of hydrogen-bond acceptors (Lipinski definition) is 8. The zero-order chi connectivity index (χ0) is 25.6. The van der Waals surface area contributed by atoms with Crippen molar-refractivity contribution in [1.29, 1.82) is 0 Å². The molecule has 198 valence electrons. The fourth-order valence-corrected chi connectivity index (χ4v) is 5.57. The summed E-state index contributed by atoms with van der Waals surface area (Å²) in [4.78, 5) is 0. The van der Waals surface area contributed by atoms with Crippen molar-refractivity contribution in [2.75, 3.05) is 26.6 Å². The average Bonchev–Trinajstić information content (AvgIpc) is 2.90. The Labute approximate surface area is 218 Å². The minimum Gasteiger partial charge on any atom is -0.374 e. The molecule has 0 saturated carbocycles. The molecular weight excluding hydrogens is 480 g/mol. The predicted molar refractivity (Wildman–Crippen MR) is 138 cm³/mol. The van der Waals surface area contributed by atoms with Crippen LogP contribution < -0.4 is 0 Å². The van der Waals surface area contributed by atoms with Crippen LogP contribution in [0.25, 0.3) is 0 Å². The zero-order valence-corrected chi connectivity index (χ0v) is 22.6. The van der Waals surface area contributed by atoms with Crippen LogP contribution in [0.3, 0.4) is 0 Å². The van der Waals surface area contributed by atoms with Gasteiger partial charge in [0, 0.05) is 14.2 Å². The van der Waals surface area contributed by atoms with Gasteiger partial charge < -0.3 is 33.2 Å². The molecule has 0 spiro atoms. The summed E-state index contributed by atoms with van der Waals surface area (Å²) in [5.41, 5.74) is 1.92. The van der Waals surface area contributed by atoms with Crippen molar-refractivity contribution in [2.24, 2.45) is 0 Å². The topological polar surface area (TPSA) is 64.6 Å². The lowest BCUT2D eigenvalue weighted by atomic mass is 9.94. The number of rotatable bonds is 11. The van der Waals surface area contributed by atoms with Crippen molar-refractivity contribution in [3.05, 3.63) is 71.8 Å². The summed E-state index contributed by atoms with van der Waals surface area (Å²) >= 11 is 1.69. The Morgan fingerprint density at radius 3 is 1.92 bits per heavy atom. The first-order chi connectivity index (χ1) is 17.4. The van der Waals surface area contributed by atoms with Crippen molar-refractivity contribution in [2.45, 2.75) is 75.4 Å². The Hall–Kier alpha value is -1.49. The maximum Gasteiger partial charge on any atom is 0.220 e. The molecule has 0 N–H and O–H groups in total. The molecule has 2 aliphatic heterocycles. The molecule has 2 aromatic carbocycles. The van der Waals surface area contributed by atoms with Gasteiger partial charge in [0.1, 0.15) is 29.9 Å². The third kappa shape index (κ3) is 5.97. The second kappa shape index (κ2) is 12.4. The van der Waals surface area contributed by atoms with E-state index < -0.39 is 23.8 Å². The first-order valence-corrected chi connectivity index (χ1v) is 13.5. The molecule has 0 unspecified atom stereocenters. The molecule has 0 radical (unpaired) electrons. The zero-order valence-electron chi connectivity index (χ0n) is 21.8. The maximum absolute atomic E-state index is 6.66. The lowest BCUT2D eigenvalue weighted by Crippen LogP contribution is -2.72. The van der Waals surface area contributed by atoms with Gasteiger partial charge in [-0.15, -0.1) is 11.8 Å². The molecule has 2 aliphatic rings. The third-order valence-corrected chi connectivity index (χ3v) is 7.97. The molecule has 0 bridgehead atoms. The summed E-state index contributed by atoms with van der Waals surface area (Å²) in [5, 5.41) is 0. The Balaban J connectivity index is 1.57. The minimum atomic E-state index is -1.15. The fraction of sp³-hybridized carbons (Fsp3) is 0.571. The second-order valence-corrected chi connectivity index (χ2v) is 10.6. The summed E-state index contributed by atoms with van der Waals surface area (Å²) < 4.78 is 44.0. The van der Waals surface area contributed by atoms with Crippen LogP contribution in [-0.2, 0) is 46.4 Å². The Bertz CT molecular complexity index is 932. The van der Waals surface area contributed by atoms with Crippen molar-refractivity contribution in [3.63, 3.8) is 0 Å². The molecule has 0 amide bonds. The largest absolute Gasteiger partial charge is 0.374 e. The van der Waals surface area contributed by atoms with Gasteiger partial charge in [-0.2, -0.15) is 0 Å². The molecule has 36 heavy (non-hydrogen) atoms. The number of methoxy groups -OCH3 is 2. The summed E-state index contributed by atoms with van der Waals surface area (Å²) in [7, 11) is 3.18. The Morgan fingerprint density at radius 2 is 1.36 bits per heavy atom. The van der Waals surface area contributed by atoms with Gasteiger partial charge in [-0.3, -0.25) is 0 Å². The Morgan fingerprint density at radius 1 is 0.806 bits per heavy atom. The van der Waals surface area contributed by atoms with E-state index in [4.69, 9.17) is 33.2 Å². The van der Waals surface area contributed by atoms with Crippen molar-refractivity contribution in [3.8, 4) is 0 Å². The molecule has 8 heteroatoms. The van der Waals surface area contributed by atoms with Gasteiger partial charge in [0.05, 0.1) is 19.8 Å². The van der Waals surface area contributed by atoms with Gasteiger partial charge in [-0.1, -0.05) is 67.6 Å². The quantitative estimate of drug-likeness (QED) is 0.421. The fourth-order valence-electron chi connectivity index (χ4n) is 4.60. The van der Waals surface area contributed by atoms with Crippen molar-refractivity contribution < 1.29 is 33.2 Å². The lowest BCUT2D eigenvalue weighted by molar-refractivity contribution is -0.471. The van der Waals surface area contributed by atoms with E-state index in [-0.39, 0.29) is 17.6 Å². The van der Waals surface area contributed by atoms with Gasteiger partial charge in [0.15, 0.2) is 0 Å². The van der Waals surface area contributed by atoms with Crippen molar-refractivity contribution in [1.82, 2.24) is 0 Å². The highest BCUT2D eigenvalue weighted by atomic mass is 32.2. The molecule has 4 rings (SSSR count). The molecule has 2 fully saturated rings. The van der Waals surface area contributed by atoms with Gasteiger partial charge in [0.25, 0.3) is 0 Å². The highest BCUT2D eigenvalue weighted by Gasteiger charge is 2.62. The molecule has 0 aliphatic carbocycles. The number of thioether (sulfide) groups is 1. The minimum absolute atomic E-state index is 0.262. The van der Waals surface area contributed by atoms with E-state index in [1.54, 1.807) is 26.0 Å². The van der Waals surface area contributed by atoms with E-state index in [1.165, 1.54) is 0 Å². The monoisotopic (exact) mass is 518 g/mol. The van der Waals surface area contributed by atoms with Crippen LogP contribution in [0, 0.1) is 0 Å². The van der Waals surface area contributed by atoms with Gasteiger partial charge in [-0.25, -0.2) is 0 Å². The van der Waals surface area contributed by atoms with Crippen LogP contribution in [0.15, 0.2) is 60.7 Å². The predicted octanol–water partition coefficient (Wildman–Crippen LogP) is 4.78. The molecule has 2 heterocycles. The first kappa shape index (κ1) is 27.5. The maximum atomic E-state index is 6.66. The molecule has 0 aromatic heterocycles. The van der Waals surface area contributed by atoms with Crippen LogP contribution >= 0.6 is 11.8 Å². The van der Waals surface area contributed by atoms with Crippen molar-refractivity contribution >= 4 is 11.8 Å². The first-order valence-electron chi connectivity index (χ1n) is 12.4. The average molecular weight is 519 g/mol. The highest BCUT2D eigenvalue weighted by molar-refractivity contribution is 7.99.